The summed E-state index contributed by atoms with van der Waals surface area (Å²) in [7, 11) is 3.25. The normalized spacial score (nSPS) is 10.0. The van der Waals surface area contributed by atoms with Crippen LogP contribution in [0.4, 0.5) is 5.13 Å². The Morgan fingerprint density at radius 2 is 2.32 bits per heavy atom. The quantitative estimate of drug-likeness (QED) is 0.845. The van der Waals surface area contributed by atoms with Gasteiger partial charge >= 0.3 is 6.01 Å². The largest absolute Gasteiger partial charge is 0.467 e. The summed E-state index contributed by atoms with van der Waals surface area (Å²) in [6.07, 6.45) is 1.47. The van der Waals surface area contributed by atoms with Crippen molar-refractivity contribution in [2.45, 2.75) is 6.54 Å². The molecular formula is C11H13N5O2S. The van der Waals surface area contributed by atoms with Crippen molar-refractivity contribution < 1.29 is 9.53 Å². The van der Waals surface area contributed by atoms with E-state index in [9.17, 15) is 4.79 Å². The predicted octanol–water partition coefficient (Wildman–Crippen LogP) is 0.913. The van der Waals surface area contributed by atoms with Crippen molar-refractivity contribution in [3.8, 4) is 6.01 Å². The van der Waals surface area contributed by atoms with Gasteiger partial charge in [-0.3, -0.25) is 4.79 Å². The Balaban J connectivity index is 1.96. The number of carbonyl (C=O) groups excluding carboxylic acids is 1. The number of amides is 1. The lowest BCUT2D eigenvalue weighted by Gasteiger charge is -2.03. The molecule has 100 valence electrons. The number of thiazole rings is 1. The van der Waals surface area contributed by atoms with Gasteiger partial charge in [-0.05, 0) is 6.07 Å². The van der Waals surface area contributed by atoms with E-state index in [0.717, 1.165) is 10.8 Å². The minimum atomic E-state index is -0.292. The molecule has 1 amide bonds. The van der Waals surface area contributed by atoms with Crippen molar-refractivity contribution in [1.82, 2.24) is 20.3 Å². The molecule has 0 aromatic carbocycles. The summed E-state index contributed by atoms with van der Waals surface area (Å²) in [5.74, 6) is -0.292. The maximum absolute atomic E-state index is 11.9. The molecule has 0 aliphatic carbocycles. The van der Waals surface area contributed by atoms with Crippen LogP contribution in [0, 0.1) is 0 Å². The fourth-order valence-corrected chi connectivity index (χ4v) is 2.00. The van der Waals surface area contributed by atoms with E-state index in [-0.39, 0.29) is 17.6 Å². The SMILES string of the molecule is CNc1nc(CNC(=O)c2ccnc(OC)n2)cs1. The van der Waals surface area contributed by atoms with Gasteiger partial charge in [0, 0.05) is 18.6 Å². The number of anilines is 1. The first-order valence-electron chi connectivity index (χ1n) is 5.50. The molecule has 0 aliphatic heterocycles. The molecule has 0 fully saturated rings. The number of nitrogens with one attached hydrogen (secondary N) is 2. The molecule has 2 rings (SSSR count). The van der Waals surface area contributed by atoms with Gasteiger partial charge in [0.25, 0.3) is 5.91 Å². The summed E-state index contributed by atoms with van der Waals surface area (Å²) in [4.78, 5) is 23.9. The number of rotatable bonds is 5. The average Bonchev–Trinajstić information content (AvgIpc) is 2.93. The molecule has 0 saturated heterocycles. The van der Waals surface area contributed by atoms with Crippen molar-refractivity contribution in [2.24, 2.45) is 0 Å². The van der Waals surface area contributed by atoms with Crippen LogP contribution in [-0.2, 0) is 6.54 Å². The Hall–Kier alpha value is -2.22. The smallest absolute Gasteiger partial charge is 0.316 e. The standard InChI is InChI=1S/C11H13N5O2S/c1-12-11-15-7(6-19-11)5-14-9(17)8-3-4-13-10(16-8)18-2/h3-4,6H,5H2,1-2H3,(H,12,15)(H,14,17). The van der Waals surface area contributed by atoms with Crippen LogP contribution in [0.25, 0.3) is 0 Å². The number of hydrogen-bond donors (Lipinski definition) is 2. The molecule has 2 aromatic rings. The second-order valence-electron chi connectivity index (χ2n) is 3.51. The van der Waals surface area contributed by atoms with Crippen LogP contribution in [0.5, 0.6) is 6.01 Å². The molecule has 0 bridgehead atoms. The van der Waals surface area contributed by atoms with Gasteiger partial charge in [0.05, 0.1) is 19.3 Å². The lowest BCUT2D eigenvalue weighted by atomic mass is 10.3. The topological polar surface area (TPSA) is 89.0 Å². The molecular weight excluding hydrogens is 266 g/mol. The third-order valence-corrected chi connectivity index (χ3v) is 3.15. The van der Waals surface area contributed by atoms with E-state index < -0.39 is 0 Å². The highest BCUT2D eigenvalue weighted by atomic mass is 32.1. The van der Waals surface area contributed by atoms with Gasteiger partial charge in [-0.2, -0.15) is 4.98 Å². The third kappa shape index (κ3) is 3.38. The first kappa shape index (κ1) is 13.2. The minimum absolute atomic E-state index is 0.166. The van der Waals surface area contributed by atoms with Crippen LogP contribution < -0.4 is 15.4 Å². The Labute approximate surface area is 114 Å². The highest BCUT2D eigenvalue weighted by Crippen LogP contribution is 2.14. The molecule has 2 aromatic heterocycles. The van der Waals surface area contributed by atoms with E-state index in [0.29, 0.717) is 6.54 Å². The summed E-state index contributed by atoms with van der Waals surface area (Å²) >= 11 is 1.48. The molecule has 0 aliphatic rings. The summed E-state index contributed by atoms with van der Waals surface area (Å²) in [5.41, 5.74) is 1.06. The van der Waals surface area contributed by atoms with Crippen molar-refractivity contribution in [1.29, 1.82) is 0 Å². The number of aromatic nitrogens is 3. The van der Waals surface area contributed by atoms with Crippen LogP contribution in [0.15, 0.2) is 17.6 Å². The van der Waals surface area contributed by atoms with E-state index in [4.69, 9.17) is 4.74 Å². The van der Waals surface area contributed by atoms with E-state index in [2.05, 4.69) is 25.6 Å². The van der Waals surface area contributed by atoms with E-state index in [1.165, 1.54) is 30.7 Å². The average molecular weight is 279 g/mol. The molecule has 0 radical (unpaired) electrons. The summed E-state index contributed by atoms with van der Waals surface area (Å²) in [6, 6.07) is 1.69. The molecule has 2 N–H and O–H groups in total. The Morgan fingerprint density at radius 1 is 1.47 bits per heavy atom. The second-order valence-corrected chi connectivity index (χ2v) is 4.36. The lowest BCUT2D eigenvalue weighted by Crippen LogP contribution is -2.24. The molecule has 0 unspecified atom stereocenters. The summed E-state index contributed by atoms with van der Waals surface area (Å²) < 4.78 is 4.86. The zero-order chi connectivity index (χ0) is 13.7. The van der Waals surface area contributed by atoms with Crippen molar-refractivity contribution in [3.05, 3.63) is 29.0 Å². The van der Waals surface area contributed by atoms with E-state index in [1.54, 1.807) is 7.05 Å². The first-order valence-corrected chi connectivity index (χ1v) is 6.38. The first-order chi connectivity index (χ1) is 9.22. The molecule has 0 atom stereocenters. The second kappa shape index (κ2) is 6.10. The van der Waals surface area contributed by atoms with Crippen molar-refractivity contribution in [2.75, 3.05) is 19.5 Å². The van der Waals surface area contributed by atoms with Crippen LogP contribution in [0.3, 0.4) is 0 Å². The lowest BCUT2D eigenvalue weighted by molar-refractivity contribution is 0.0944. The van der Waals surface area contributed by atoms with E-state index in [1.807, 2.05) is 5.38 Å². The van der Waals surface area contributed by atoms with Gasteiger partial charge < -0.3 is 15.4 Å². The number of hydrogen-bond acceptors (Lipinski definition) is 7. The molecule has 0 saturated carbocycles. The van der Waals surface area contributed by atoms with Crippen molar-refractivity contribution in [3.63, 3.8) is 0 Å². The fraction of sp³-hybridized carbons (Fsp3) is 0.273. The van der Waals surface area contributed by atoms with Crippen LogP contribution >= 0.6 is 11.3 Å². The third-order valence-electron chi connectivity index (χ3n) is 2.24. The molecule has 2 heterocycles. The van der Waals surface area contributed by atoms with Crippen LogP contribution in [0.2, 0.25) is 0 Å². The highest BCUT2D eigenvalue weighted by Gasteiger charge is 2.09. The number of nitrogens with zero attached hydrogens (tertiary/aromatic N) is 3. The number of ether oxygens (including phenoxy) is 1. The summed E-state index contributed by atoms with van der Waals surface area (Å²) in [5, 5.41) is 8.37. The van der Waals surface area contributed by atoms with Gasteiger partial charge in [0.1, 0.15) is 5.69 Å². The zero-order valence-electron chi connectivity index (χ0n) is 10.5. The number of methoxy groups -OCH3 is 1. The zero-order valence-corrected chi connectivity index (χ0v) is 11.3. The van der Waals surface area contributed by atoms with E-state index >= 15 is 0 Å². The van der Waals surface area contributed by atoms with Crippen molar-refractivity contribution >= 4 is 22.4 Å². The van der Waals surface area contributed by atoms with Gasteiger partial charge in [-0.15, -0.1) is 11.3 Å². The molecule has 8 heteroatoms. The van der Waals surface area contributed by atoms with Gasteiger partial charge in [0.15, 0.2) is 5.13 Å². The molecule has 0 spiro atoms. The highest BCUT2D eigenvalue weighted by molar-refractivity contribution is 7.13. The monoisotopic (exact) mass is 279 g/mol. The Morgan fingerprint density at radius 3 is 3.00 bits per heavy atom. The maximum atomic E-state index is 11.9. The van der Waals surface area contributed by atoms with Gasteiger partial charge in [0.2, 0.25) is 0 Å². The Kier molecular flexibility index (Phi) is 4.24. The predicted molar refractivity (Wildman–Crippen MR) is 71.4 cm³/mol. The minimum Gasteiger partial charge on any atom is -0.467 e. The van der Waals surface area contributed by atoms with Crippen LogP contribution in [0.1, 0.15) is 16.2 Å². The maximum Gasteiger partial charge on any atom is 0.316 e. The van der Waals surface area contributed by atoms with Gasteiger partial charge in [-0.1, -0.05) is 0 Å². The fourth-order valence-electron chi connectivity index (χ4n) is 1.33. The van der Waals surface area contributed by atoms with Crippen LogP contribution in [-0.4, -0.2) is 35.0 Å². The Bertz CT molecular complexity index is 572. The molecule has 7 nitrogen and oxygen atoms in total. The molecule has 19 heavy (non-hydrogen) atoms. The van der Waals surface area contributed by atoms with Gasteiger partial charge in [-0.25, -0.2) is 9.97 Å². The summed E-state index contributed by atoms with van der Waals surface area (Å²) in [6.45, 7) is 0.351. The number of carbonyl (C=O) groups is 1.